The van der Waals surface area contributed by atoms with Gasteiger partial charge in [0.1, 0.15) is 24.7 Å². The fourth-order valence-corrected chi connectivity index (χ4v) is 5.85. The maximum atomic E-state index is 13.7. The fraction of sp³-hybridized carbons (Fsp3) is 0.357. The van der Waals surface area contributed by atoms with Crippen LogP contribution < -0.4 is 18.9 Å². The molecule has 1 aliphatic carbocycles. The van der Waals surface area contributed by atoms with Crippen molar-refractivity contribution in [2.75, 3.05) is 33.6 Å². The molecule has 3 aliphatic rings. The lowest BCUT2D eigenvalue weighted by Crippen LogP contribution is -2.48. The van der Waals surface area contributed by atoms with E-state index in [0.29, 0.717) is 41.7 Å². The largest absolute Gasteiger partial charge is 0.497 e. The molecule has 1 saturated carbocycles. The minimum atomic E-state index is -0.226. The highest BCUT2D eigenvalue weighted by Gasteiger charge is 2.38. The van der Waals surface area contributed by atoms with Crippen molar-refractivity contribution in [1.82, 2.24) is 9.80 Å². The van der Waals surface area contributed by atoms with Gasteiger partial charge in [0.25, 0.3) is 5.91 Å². The molecule has 0 spiro atoms. The van der Waals surface area contributed by atoms with E-state index in [9.17, 15) is 9.59 Å². The molecule has 1 fully saturated rings. The zero-order valence-electron chi connectivity index (χ0n) is 20.6. The minimum absolute atomic E-state index is 0.0348. The summed E-state index contributed by atoms with van der Waals surface area (Å²) in [6.07, 6.45) is 2.61. The number of benzene rings is 2. The zero-order chi connectivity index (χ0) is 25.4. The van der Waals surface area contributed by atoms with Crippen LogP contribution in [-0.2, 0) is 11.2 Å². The highest BCUT2D eigenvalue weighted by Crippen LogP contribution is 2.37. The van der Waals surface area contributed by atoms with Crippen LogP contribution in [0.1, 0.15) is 39.7 Å². The van der Waals surface area contributed by atoms with E-state index in [0.717, 1.165) is 24.8 Å². The van der Waals surface area contributed by atoms with Crippen molar-refractivity contribution in [3.05, 3.63) is 69.9 Å². The van der Waals surface area contributed by atoms with Crippen LogP contribution in [0.4, 0.5) is 0 Å². The molecule has 0 N–H and O–H groups in total. The van der Waals surface area contributed by atoms with Gasteiger partial charge in [-0.05, 0) is 66.6 Å². The Kier molecular flexibility index (Phi) is 6.38. The van der Waals surface area contributed by atoms with Gasteiger partial charge in [-0.2, -0.15) is 0 Å². The van der Waals surface area contributed by atoms with E-state index in [1.54, 1.807) is 41.5 Å². The van der Waals surface area contributed by atoms with Gasteiger partial charge in [-0.15, -0.1) is 11.3 Å². The van der Waals surface area contributed by atoms with Gasteiger partial charge in [0.05, 0.1) is 13.2 Å². The van der Waals surface area contributed by atoms with Crippen molar-refractivity contribution in [3.8, 4) is 23.0 Å². The van der Waals surface area contributed by atoms with E-state index in [-0.39, 0.29) is 37.2 Å². The number of ether oxygens (including phenoxy) is 4. The quantitative estimate of drug-likeness (QED) is 0.441. The molecule has 9 heteroatoms. The number of thiophene rings is 1. The molecule has 1 aromatic heterocycles. The third-order valence-electron chi connectivity index (χ3n) is 7.04. The number of methoxy groups -OCH3 is 1. The lowest BCUT2D eigenvalue weighted by atomic mass is 10.0. The summed E-state index contributed by atoms with van der Waals surface area (Å²) in [5.41, 5.74) is 1.62. The van der Waals surface area contributed by atoms with Crippen molar-refractivity contribution >= 4 is 23.2 Å². The lowest BCUT2D eigenvalue weighted by molar-refractivity contribution is -0.135. The number of hydrogen-bond acceptors (Lipinski definition) is 7. The number of hydrogen-bond donors (Lipinski definition) is 0. The second-order valence-electron chi connectivity index (χ2n) is 9.37. The summed E-state index contributed by atoms with van der Waals surface area (Å²) in [6.45, 7) is 1.10. The second kappa shape index (κ2) is 9.97. The van der Waals surface area contributed by atoms with Gasteiger partial charge in [0.15, 0.2) is 11.5 Å². The molecule has 3 aromatic rings. The molecule has 1 atom stereocenters. The molecular weight excluding hydrogens is 492 g/mol. The van der Waals surface area contributed by atoms with Crippen LogP contribution in [-0.4, -0.2) is 61.3 Å². The summed E-state index contributed by atoms with van der Waals surface area (Å²) >= 11 is 1.71. The van der Waals surface area contributed by atoms with Crippen molar-refractivity contribution < 1.29 is 28.5 Å². The standard InChI is InChI=1S/C28H28N2O6S/c1-33-20-3-2-4-21(14-20)34-16-23-22-10-12-37-26(22)9-11-29(23)27(31)15-30(19-6-7-19)28(32)18-5-8-24-25(13-18)36-17-35-24/h2-5,8,10,12-14,19,23H,6-7,9,11,15-17H2,1H3. The molecule has 3 heterocycles. The SMILES string of the molecule is COc1cccc(OCC2c3ccsc3CCN2C(=O)CN(C(=O)c2ccc3c(c2)OCO3)C2CC2)c1. The first kappa shape index (κ1) is 23.7. The number of rotatable bonds is 8. The van der Waals surface area contributed by atoms with Crippen molar-refractivity contribution in [3.63, 3.8) is 0 Å². The van der Waals surface area contributed by atoms with E-state index in [4.69, 9.17) is 18.9 Å². The minimum Gasteiger partial charge on any atom is -0.497 e. The normalized spacial score (nSPS) is 17.8. The Morgan fingerprint density at radius 3 is 2.76 bits per heavy atom. The van der Waals surface area contributed by atoms with E-state index < -0.39 is 0 Å². The molecule has 0 radical (unpaired) electrons. The Balaban J connectivity index is 1.20. The Morgan fingerprint density at radius 2 is 1.92 bits per heavy atom. The zero-order valence-corrected chi connectivity index (χ0v) is 21.4. The summed E-state index contributed by atoms with van der Waals surface area (Å²) in [5.74, 6) is 2.36. The molecule has 1 unspecified atom stereocenters. The first-order chi connectivity index (χ1) is 18.1. The highest BCUT2D eigenvalue weighted by molar-refractivity contribution is 7.10. The molecule has 37 heavy (non-hydrogen) atoms. The average molecular weight is 521 g/mol. The van der Waals surface area contributed by atoms with Crippen molar-refractivity contribution in [1.29, 1.82) is 0 Å². The first-order valence-electron chi connectivity index (χ1n) is 12.4. The topological polar surface area (TPSA) is 77.5 Å². The predicted octanol–water partition coefficient (Wildman–Crippen LogP) is 4.30. The van der Waals surface area contributed by atoms with E-state index in [1.807, 2.05) is 29.2 Å². The van der Waals surface area contributed by atoms with Crippen LogP contribution >= 0.6 is 11.3 Å². The van der Waals surface area contributed by atoms with Crippen molar-refractivity contribution in [2.24, 2.45) is 0 Å². The summed E-state index contributed by atoms with van der Waals surface area (Å²) < 4.78 is 22.3. The molecular formula is C28H28N2O6S. The average Bonchev–Trinajstić information content (AvgIpc) is 3.45. The Morgan fingerprint density at radius 1 is 1.08 bits per heavy atom. The van der Waals surface area contributed by atoms with Gasteiger partial charge in [-0.1, -0.05) is 6.07 Å². The molecule has 8 nitrogen and oxygen atoms in total. The maximum absolute atomic E-state index is 13.7. The Labute approximate surface area is 219 Å². The van der Waals surface area contributed by atoms with Gasteiger partial charge in [-0.3, -0.25) is 9.59 Å². The van der Waals surface area contributed by atoms with E-state index in [1.165, 1.54) is 4.88 Å². The third-order valence-corrected chi connectivity index (χ3v) is 8.03. The summed E-state index contributed by atoms with van der Waals surface area (Å²) in [5, 5.41) is 2.07. The van der Waals surface area contributed by atoms with E-state index in [2.05, 4.69) is 11.4 Å². The number of fused-ring (bicyclic) bond motifs is 2. The van der Waals surface area contributed by atoms with Crippen LogP contribution in [0.2, 0.25) is 0 Å². The smallest absolute Gasteiger partial charge is 0.254 e. The van der Waals surface area contributed by atoms with Gasteiger partial charge in [0.2, 0.25) is 12.7 Å². The lowest BCUT2D eigenvalue weighted by Gasteiger charge is -2.37. The molecule has 192 valence electrons. The molecule has 2 amide bonds. The number of carbonyl (C=O) groups excluding carboxylic acids is 2. The first-order valence-corrected chi connectivity index (χ1v) is 13.3. The molecule has 2 aliphatic heterocycles. The molecule has 2 aromatic carbocycles. The number of carbonyl (C=O) groups is 2. The summed E-state index contributed by atoms with van der Waals surface area (Å²) in [4.78, 5) is 32.1. The Hall–Kier alpha value is -3.72. The van der Waals surface area contributed by atoms with Gasteiger partial charge in [-0.25, -0.2) is 0 Å². The van der Waals surface area contributed by atoms with Crippen molar-refractivity contribution in [2.45, 2.75) is 31.3 Å². The van der Waals surface area contributed by atoms with Crippen LogP contribution in [0.5, 0.6) is 23.0 Å². The monoisotopic (exact) mass is 520 g/mol. The Bertz CT molecular complexity index is 1320. The predicted molar refractivity (Wildman–Crippen MR) is 138 cm³/mol. The third kappa shape index (κ3) is 4.83. The molecule has 0 saturated heterocycles. The van der Waals surface area contributed by atoms with Crippen LogP contribution in [0.15, 0.2) is 53.9 Å². The van der Waals surface area contributed by atoms with Crippen LogP contribution in [0, 0.1) is 0 Å². The summed E-state index contributed by atoms with van der Waals surface area (Å²) in [7, 11) is 1.62. The number of amides is 2. The van der Waals surface area contributed by atoms with Gasteiger partial charge >= 0.3 is 0 Å². The second-order valence-corrected chi connectivity index (χ2v) is 10.4. The van der Waals surface area contributed by atoms with Gasteiger partial charge < -0.3 is 28.7 Å². The maximum Gasteiger partial charge on any atom is 0.254 e. The van der Waals surface area contributed by atoms with Crippen LogP contribution in [0.3, 0.4) is 0 Å². The summed E-state index contributed by atoms with van der Waals surface area (Å²) in [6, 6.07) is 14.6. The number of nitrogens with zero attached hydrogens (tertiary/aromatic N) is 2. The molecule has 6 rings (SSSR count). The molecule has 0 bridgehead atoms. The van der Waals surface area contributed by atoms with Crippen LogP contribution in [0.25, 0.3) is 0 Å². The fourth-order valence-electron chi connectivity index (χ4n) is 4.93. The van der Waals surface area contributed by atoms with Gasteiger partial charge in [0, 0.05) is 29.1 Å². The van der Waals surface area contributed by atoms with E-state index >= 15 is 0 Å². The highest BCUT2D eigenvalue weighted by atomic mass is 32.1.